The summed E-state index contributed by atoms with van der Waals surface area (Å²) in [7, 11) is 0. The number of anilines is 2. The summed E-state index contributed by atoms with van der Waals surface area (Å²) in [5, 5.41) is 16.2. The van der Waals surface area contributed by atoms with Gasteiger partial charge in [0.15, 0.2) is 5.79 Å². The van der Waals surface area contributed by atoms with Gasteiger partial charge in [-0.25, -0.2) is 9.97 Å². The summed E-state index contributed by atoms with van der Waals surface area (Å²) >= 11 is 1.46. The van der Waals surface area contributed by atoms with Gasteiger partial charge in [0.05, 0.1) is 33.6 Å². The lowest BCUT2D eigenvalue weighted by Gasteiger charge is -2.25. The topological polar surface area (TPSA) is 101 Å². The minimum absolute atomic E-state index is 0.0648. The number of ether oxygens (including phenoxy) is 2. The van der Waals surface area contributed by atoms with E-state index < -0.39 is 18.5 Å². The number of hydrogen-bond acceptors (Lipinski definition) is 9. The highest BCUT2D eigenvalue weighted by Gasteiger charge is 2.54. The Hall–Kier alpha value is -2.54. The number of alkyl halides is 3. The van der Waals surface area contributed by atoms with Crippen molar-refractivity contribution in [3.63, 3.8) is 0 Å². The molecule has 188 valence electrons. The number of benzene rings is 1. The van der Waals surface area contributed by atoms with Crippen LogP contribution < -0.4 is 10.6 Å². The standard InChI is InChI=1S/C23H26F3N5O3S/c1-11-16(20-30-13-6-4-5-7-15(13)35-20)19(31-21(28-11)27-10-23(24,25)26)29-14-8-12(9-32)17-18(14)34-22(2,3)33-17/h4-7,12,14,17-18,32H,8-10H2,1-3H3,(H2,27,28,29,31)/t12-,14-,17-,18+/m1/s1. The molecule has 3 N–H and O–H groups in total. The summed E-state index contributed by atoms with van der Waals surface area (Å²) in [5.74, 6) is -0.725. The van der Waals surface area contributed by atoms with Crippen LogP contribution in [-0.4, -0.2) is 63.4 Å². The Kier molecular flexibility index (Phi) is 6.10. The molecule has 35 heavy (non-hydrogen) atoms. The Morgan fingerprint density at radius 3 is 2.60 bits per heavy atom. The number of aliphatic hydroxyl groups is 1. The fourth-order valence-electron chi connectivity index (χ4n) is 4.75. The summed E-state index contributed by atoms with van der Waals surface area (Å²) in [4.78, 5) is 13.4. The van der Waals surface area contributed by atoms with E-state index in [1.165, 1.54) is 11.3 Å². The molecule has 0 bridgehead atoms. The van der Waals surface area contributed by atoms with Gasteiger partial charge in [-0.2, -0.15) is 18.2 Å². The van der Waals surface area contributed by atoms with Gasteiger partial charge in [0, 0.05) is 12.5 Å². The van der Waals surface area contributed by atoms with Crippen LogP contribution in [0.25, 0.3) is 20.8 Å². The molecular formula is C23H26F3N5O3S. The van der Waals surface area contributed by atoms with Gasteiger partial charge in [-0.05, 0) is 39.3 Å². The fourth-order valence-corrected chi connectivity index (χ4v) is 5.82. The Balaban J connectivity index is 1.53. The minimum Gasteiger partial charge on any atom is -0.396 e. The average Bonchev–Trinajstić information content (AvgIpc) is 3.42. The van der Waals surface area contributed by atoms with Crippen LogP contribution in [0.2, 0.25) is 0 Å². The molecule has 1 saturated carbocycles. The van der Waals surface area contributed by atoms with Crippen LogP contribution in [0, 0.1) is 12.8 Å². The molecule has 2 fully saturated rings. The van der Waals surface area contributed by atoms with Crippen LogP contribution in [0.15, 0.2) is 24.3 Å². The molecule has 2 aliphatic rings. The number of aromatic nitrogens is 3. The van der Waals surface area contributed by atoms with Crippen molar-refractivity contribution in [2.24, 2.45) is 5.92 Å². The summed E-state index contributed by atoms with van der Waals surface area (Å²) in [6.45, 7) is 4.04. The van der Waals surface area contributed by atoms with Crippen LogP contribution in [0.1, 0.15) is 26.0 Å². The molecule has 0 spiro atoms. The molecule has 12 heteroatoms. The Bertz CT molecular complexity index is 1200. The fraction of sp³-hybridized carbons (Fsp3) is 0.522. The van der Waals surface area contributed by atoms with Crippen LogP contribution in [0.4, 0.5) is 24.9 Å². The first-order valence-electron chi connectivity index (χ1n) is 11.3. The number of aryl methyl sites for hydroxylation is 1. The third-order valence-electron chi connectivity index (χ3n) is 6.18. The number of halogens is 3. The number of hydrogen-bond donors (Lipinski definition) is 3. The van der Waals surface area contributed by atoms with Crippen LogP contribution >= 0.6 is 11.3 Å². The van der Waals surface area contributed by atoms with Crippen molar-refractivity contribution in [2.45, 2.75) is 57.4 Å². The molecule has 4 atom stereocenters. The normalized spacial score (nSPS) is 25.7. The Labute approximate surface area is 203 Å². The van der Waals surface area contributed by atoms with Crippen LogP contribution in [-0.2, 0) is 9.47 Å². The summed E-state index contributed by atoms with van der Waals surface area (Å²) < 4.78 is 51.6. The number of fused-ring (bicyclic) bond motifs is 2. The first kappa shape index (κ1) is 24.2. The SMILES string of the molecule is Cc1nc(NCC(F)(F)F)nc(N[C@@H]2C[C@H](CO)[C@H]3OC(C)(C)O[C@H]32)c1-c1nc2ccccc2s1. The smallest absolute Gasteiger partial charge is 0.396 e. The van der Waals surface area contributed by atoms with Gasteiger partial charge in [-0.15, -0.1) is 11.3 Å². The zero-order valence-electron chi connectivity index (χ0n) is 19.4. The predicted molar refractivity (Wildman–Crippen MR) is 126 cm³/mol. The number of para-hydroxylation sites is 1. The Morgan fingerprint density at radius 2 is 1.89 bits per heavy atom. The van der Waals surface area contributed by atoms with E-state index in [1.54, 1.807) is 6.92 Å². The molecule has 0 radical (unpaired) electrons. The quantitative estimate of drug-likeness (QED) is 0.451. The first-order chi connectivity index (χ1) is 16.5. The number of nitrogens with zero attached hydrogens (tertiary/aromatic N) is 3. The van der Waals surface area contributed by atoms with Crippen molar-refractivity contribution in [1.29, 1.82) is 0 Å². The maximum absolute atomic E-state index is 12.8. The first-order valence-corrected chi connectivity index (χ1v) is 12.1. The number of rotatable bonds is 6. The van der Waals surface area contributed by atoms with Crippen molar-refractivity contribution < 1.29 is 27.8 Å². The highest BCUT2D eigenvalue weighted by atomic mass is 32.1. The van der Waals surface area contributed by atoms with Crippen molar-refractivity contribution in [1.82, 2.24) is 15.0 Å². The number of aliphatic hydroxyl groups excluding tert-OH is 1. The molecule has 2 aromatic heterocycles. The lowest BCUT2D eigenvalue weighted by molar-refractivity contribution is -0.158. The second-order valence-electron chi connectivity index (χ2n) is 9.31. The van der Waals surface area contributed by atoms with Gasteiger partial charge in [0.1, 0.15) is 23.5 Å². The van der Waals surface area contributed by atoms with E-state index in [4.69, 9.17) is 14.5 Å². The Morgan fingerprint density at radius 1 is 1.14 bits per heavy atom. The molecule has 0 amide bonds. The van der Waals surface area contributed by atoms with Crippen molar-refractivity contribution in [3.8, 4) is 10.6 Å². The van der Waals surface area contributed by atoms with E-state index >= 15 is 0 Å². The van der Waals surface area contributed by atoms with E-state index in [1.807, 2.05) is 38.1 Å². The molecule has 1 aromatic carbocycles. The summed E-state index contributed by atoms with van der Waals surface area (Å²) in [6, 6.07) is 7.39. The predicted octanol–water partition coefficient (Wildman–Crippen LogP) is 4.35. The summed E-state index contributed by atoms with van der Waals surface area (Å²) in [6.07, 6.45) is -4.52. The van der Waals surface area contributed by atoms with E-state index in [9.17, 15) is 18.3 Å². The van der Waals surface area contributed by atoms with Crippen molar-refractivity contribution in [2.75, 3.05) is 23.8 Å². The molecule has 8 nitrogen and oxygen atoms in total. The minimum atomic E-state index is -4.41. The number of nitrogens with one attached hydrogen (secondary N) is 2. The summed E-state index contributed by atoms with van der Waals surface area (Å²) in [5.41, 5.74) is 1.92. The zero-order chi connectivity index (χ0) is 25.0. The molecule has 1 aliphatic heterocycles. The molecule has 1 aliphatic carbocycles. The van der Waals surface area contributed by atoms with Gasteiger partial charge in [-0.3, -0.25) is 0 Å². The second kappa shape index (κ2) is 8.84. The maximum atomic E-state index is 12.8. The molecule has 5 rings (SSSR count). The van der Waals surface area contributed by atoms with Gasteiger partial charge in [0.25, 0.3) is 0 Å². The van der Waals surface area contributed by atoms with Gasteiger partial charge in [0.2, 0.25) is 5.95 Å². The molecule has 0 unspecified atom stereocenters. The number of thiazole rings is 1. The molecule has 3 aromatic rings. The maximum Gasteiger partial charge on any atom is 0.405 e. The third kappa shape index (κ3) is 4.92. The van der Waals surface area contributed by atoms with E-state index in [2.05, 4.69) is 20.6 Å². The highest BCUT2D eigenvalue weighted by Crippen LogP contribution is 2.44. The van der Waals surface area contributed by atoms with E-state index in [-0.39, 0.29) is 36.7 Å². The molecule has 1 saturated heterocycles. The lowest BCUT2D eigenvalue weighted by Crippen LogP contribution is -2.35. The van der Waals surface area contributed by atoms with Gasteiger partial charge < -0.3 is 25.2 Å². The zero-order valence-corrected chi connectivity index (χ0v) is 20.2. The average molecular weight is 510 g/mol. The molecule has 3 heterocycles. The van der Waals surface area contributed by atoms with E-state index in [0.717, 1.165) is 10.2 Å². The highest BCUT2D eigenvalue weighted by molar-refractivity contribution is 7.21. The third-order valence-corrected chi connectivity index (χ3v) is 7.24. The second-order valence-corrected chi connectivity index (χ2v) is 10.3. The van der Waals surface area contributed by atoms with E-state index in [0.29, 0.717) is 28.5 Å². The van der Waals surface area contributed by atoms with Crippen molar-refractivity contribution in [3.05, 3.63) is 30.0 Å². The van der Waals surface area contributed by atoms with Gasteiger partial charge >= 0.3 is 6.18 Å². The van der Waals surface area contributed by atoms with Gasteiger partial charge in [-0.1, -0.05) is 12.1 Å². The van der Waals surface area contributed by atoms with Crippen LogP contribution in [0.5, 0.6) is 0 Å². The van der Waals surface area contributed by atoms with Crippen LogP contribution in [0.3, 0.4) is 0 Å². The monoisotopic (exact) mass is 509 g/mol. The molecular weight excluding hydrogens is 483 g/mol. The lowest BCUT2D eigenvalue weighted by atomic mass is 10.1. The largest absolute Gasteiger partial charge is 0.405 e. The van der Waals surface area contributed by atoms with Crippen molar-refractivity contribution >= 4 is 33.3 Å².